The average Bonchev–Trinajstić information content (AvgIpc) is 3.37. The third-order valence-corrected chi connectivity index (χ3v) is 10.3. The van der Waals surface area contributed by atoms with Gasteiger partial charge in [0.1, 0.15) is 0 Å². The van der Waals surface area contributed by atoms with Crippen molar-refractivity contribution in [3.63, 3.8) is 0 Å². The summed E-state index contributed by atoms with van der Waals surface area (Å²) in [7, 11) is 0. The van der Waals surface area contributed by atoms with Gasteiger partial charge in [-0.05, 0) is 130 Å². The fourth-order valence-electron chi connectivity index (χ4n) is 8.95. The zero-order valence-corrected chi connectivity index (χ0v) is 17.0. The molecule has 5 rings (SSSR count). The summed E-state index contributed by atoms with van der Waals surface area (Å²) in [6, 6.07) is 0. The van der Waals surface area contributed by atoms with Crippen molar-refractivity contribution in [2.24, 2.45) is 52.8 Å². The van der Waals surface area contributed by atoms with Crippen molar-refractivity contribution in [2.75, 3.05) is 6.61 Å². The maximum absolute atomic E-state index is 10.6. The molecule has 0 saturated heterocycles. The lowest BCUT2D eigenvalue weighted by molar-refractivity contribution is -0.105. The van der Waals surface area contributed by atoms with Crippen LogP contribution in [0.4, 0.5) is 0 Å². The van der Waals surface area contributed by atoms with Gasteiger partial charge in [0, 0.05) is 6.61 Å². The van der Waals surface area contributed by atoms with Crippen molar-refractivity contribution >= 4 is 0 Å². The molecule has 2 N–H and O–H groups in total. The van der Waals surface area contributed by atoms with Gasteiger partial charge in [0.2, 0.25) is 0 Å². The zero-order chi connectivity index (χ0) is 18.1. The topological polar surface area (TPSA) is 40.5 Å². The molecular weight excluding hydrogens is 320 g/mol. The first-order valence-electron chi connectivity index (χ1n) is 11.8. The predicted octanol–water partition coefficient (Wildman–Crippen LogP) is 5.02. The largest absolute Gasteiger partial charge is 0.396 e. The first-order valence-corrected chi connectivity index (χ1v) is 11.8. The summed E-state index contributed by atoms with van der Waals surface area (Å²) >= 11 is 0. The fraction of sp³-hybridized carbons (Fsp3) is 1.00. The molecule has 0 aromatic heterocycles. The number of fused-ring (bicyclic) bond motifs is 5. The highest BCUT2D eigenvalue weighted by molar-refractivity contribution is 5.08. The molecule has 0 amide bonds. The summed E-state index contributed by atoms with van der Waals surface area (Å²) in [5.74, 6) is 6.72. The second kappa shape index (κ2) is 6.21. The first kappa shape index (κ1) is 18.0. The maximum Gasteiger partial charge on any atom is 0.0622 e. The van der Waals surface area contributed by atoms with E-state index in [2.05, 4.69) is 13.8 Å². The Morgan fingerprint density at radius 3 is 2.35 bits per heavy atom. The summed E-state index contributed by atoms with van der Waals surface area (Å²) in [4.78, 5) is 0. The van der Waals surface area contributed by atoms with Crippen LogP contribution in [0, 0.1) is 52.8 Å². The fourth-order valence-corrected chi connectivity index (χ4v) is 8.95. The Kier molecular flexibility index (Phi) is 4.29. The van der Waals surface area contributed by atoms with Crippen LogP contribution in [0.25, 0.3) is 0 Å². The third-order valence-electron chi connectivity index (χ3n) is 10.3. The van der Waals surface area contributed by atoms with Crippen LogP contribution in [0.1, 0.15) is 84.5 Å². The molecular formula is C24H40O2. The second-order valence-electron chi connectivity index (χ2n) is 11.6. The van der Waals surface area contributed by atoms with Gasteiger partial charge in [0.05, 0.1) is 5.60 Å². The third kappa shape index (κ3) is 2.72. The minimum Gasteiger partial charge on any atom is -0.396 e. The van der Waals surface area contributed by atoms with E-state index < -0.39 is 5.60 Å². The van der Waals surface area contributed by atoms with Gasteiger partial charge in [0.15, 0.2) is 0 Å². The van der Waals surface area contributed by atoms with E-state index in [4.69, 9.17) is 0 Å². The number of hydrogen-bond acceptors (Lipinski definition) is 2. The van der Waals surface area contributed by atoms with Gasteiger partial charge in [-0.3, -0.25) is 0 Å². The molecule has 2 heteroatoms. The van der Waals surface area contributed by atoms with Crippen molar-refractivity contribution in [2.45, 2.75) is 90.1 Å². The van der Waals surface area contributed by atoms with E-state index in [-0.39, 0.29) is 0 Å². The molecule has 0 heterocycles. The van der Waals surface area contributed by atoms with E-state index in [0.29, 0.717) is 17.9 Å². The van der Waals surface area contributed by atoms with Gasteiger partial charge in [-0.25, -0.2) is 0 Å². The summed E-state index contributed by atoms with van der Waals surface area (Å²) < 4.78 is 0. The molecule has 26 heavy (non-hydrogen) atoms. The molecule has 5 saturated carbocycles. The van der Waals surface area contributed by atoms with E-state index in [1.165, 1.54) is 57.8 Å². The van der Waals surface area contributed by atoms with Crippen LogP contribution in [0.5, 0.6) is 0 Å². The lowest BCUT2D eigenvalue weighted by Crippen LogP contribution is -2.51. The van der Waals surface area contributed by atoms with Crippen molar-refractivity contribution < 1.29 is 10.2 Å². The number of aliphatic hydroxyl groups is 2. The Balaban J connectivity index is 1.35. The molecule has 0 spiro atoms. The number of aliphatic hydroxyl groups excluding tert-OH is 1. The Morgan fingerprint density at radius 2 is 1.62 bits per heavy atom. The SMILES string of the molecule is C[C@@]1(O)CC[C@H]2[C@H](CC[C@@H]3[C@@H]2CC[C@]2(C)[C@@H](C(CO)C4CC4)CC[C@@H]32)C1. The summed E-state index contributed by atoms with van der Waals surface area (Å²) in [6.07, 6.45) is 14.5. The van der Waals surface area contributed by atoms with E-state index in [1.54, 1.807) is 0 Å². The van der Waals surface area contributed by atoms with Crippen molar-refractivity contribution in [1.29, 1.82) is 0 Å². The highest BCUT2D eigenvalue weighted by Crippen LogP contribution is 2.66. The van der Waals surface area contributed by atoms with Gasteiger partial charge in [-0.2, -0.15) is 0 Å². The summed E-state index contributed by atoms with van der Waals surface area (Å²) in [5.41, 5.74) is 0.110. The van der Waals surface area contributed by atoms with Crippen LogP contribution in [0.3, 0.4) is 0 Å². The quantitative estimate of drug-likeness (QED) is 0.741. The normalized spacial score (nSPS) is 54.9. The highest BCUT2D eigenvalue weighted by Gasteiger charge is 2.59. The molecule has 0 aliphatic heterocycles. The lowest BCUT2D eigenvalue weighted by Gasteiger charge is -2.57. The Morgan fingerprint density at radius 1 is 0.846 bits per heavy atom. The Labute approximate surface area is 160 Å². The van der Waals surface area contributed by atoms with Gasteiger partial charge in [-0.15, -0.1) is 0 Å². The molecule has 5 aliphatic carbocycles. The standard InChI is InChI=1S/C24H40O2/c1-23(26)11-9-17-16(13-23)5-6-19-18(17)10-12-24(2)21(19)7-8-22(24)20(14-25)15-3-4-15/h15-22,25-26H,3-14H2,1-2H3/t16-,17+,18-,19-,20?,21+,22-,23-,24+/m1/s1. The Bertz CT molecular complexity index is 538. The van der Waals surface area contributed by atoms with Crippen molar-refractivity contribution in [1.82, 2.24) is 0 Å². The van der Waals surface area contributed by atoms with Gasteiger partial charge in [0.25, 0.3) is 0 Å². The van der Waals surface area contributed by atoms with Gasteiger partial charge >= 0.3 is 0 Å². The Hall–Kier alpha value is -0.0800. The second-order valence-corrected chi connectivity index (χ2v) is 11.6. The minimum absolute atomic E-state index is 0.395. The lowest BCUT2D eigenvalue weighted by atomic mass is 9.48. The minimum atomic E-state index is -0.395. The van der Waals surface area contributed by atoms with Gasteiger partial charge < -0.3 is 10.2 Å². The van der Waals surface area contributed by atoms with Gasteiger partial charge in [-0.1, -0.05) is 6.92 Å². The number of rotatable bonds is 3. The van der Waals surface area contributed by atoms with Crippen LogP contribution >= 0.6 is 0 Å². The van der Waals surface area contributed by atoms with Crippen LogP contribution in [-0.2, 0) is 0 Å². The van der Waals surface area contributed by atoms with E-state index >= 15 is 0 Å². The summed E-state index contributed by atoms with van der Waals surface area (Å²) in [5, 5.41) is 20.7. The average molecular weight is 361 g/mol. The van der Waals surface area contributed by atoms with Crippen LogP contribution in [0.2, 0.25) is 0 Å². The summed E-state index contributed by atoms with van der Waals surface area (Å²) in [6.45, 7) is 5.13. The number of hydrogen-bond donors (Lipinski definition) is 2. The van der Waals surface area contributed by atoms with Crippen LogP contribution < -0.4 is 0 Å². The van der Waals surface area contributed by atoms with E-state index in [0.717, 1.165) is 54.3 Å². The monoisotopic (exact) mass is 360 g/mol. The molecule has 148 valence electrons. The van der Waals surface area contributed by atoms with E-state index in [9.17, 15) is 10.2 Å². The van der Waals surface area contributed by atoms with Crippen LogP contribution in [0.15, 0.2) is 0 Å². The maximum atomic E-state index is 10.6. The van der Waals surface area contributed by atoms with Crippen LogP contribution in [-0.4, -0.2) is 22.4 Å². The molecule has 0 aromatic rings. The predicted molar refractivity (Wildman–Crippen MR) is 105 cm³/mol. The highest BCUT2D eigenvalue weighted by atomic mass is 16.3. The zero-order valence-electron chi connectivity index (χ0n) is 17.0. The molecule has 9 atom stereocenters. The molecule has 2 nitrogen and oxygen atoms in total. The van der Waals surface area contributed by atoms with Crippen molar-refractivity contribution in [3.8, 4) is 0 Å². The molecule has 5 aliphatic rings. The van der Waals surface area contributed by atoms with Crippen molar-refractivity contribution in [3.05, 3.63) is 0 Å². The molecule has 5 fully saturated rings. The molecule has 0 radical (unpaired) electrons. The molecule has 1 unspecified atom stereocenters. The molecule has 0 bridgehead atoms. The van der Waals surface area contributed by atoms with E-state index in [1.807, 2.05) is 0 Å². The molecule has 0 aromatic carbocycles. The smallest absolute Gasteiger partial charge is 0.0622 e. The first-order chi connectivity index (χ1) is 12.4.